The summed E-state index contributed by atoms with van der Waals surface area (Å²) in [5, 5.41) is 12.4. The molecule has 0 saturated heterocycles. The van der Waals surface area contributed by atoms with E-state index >= 15 is 0 Å². The van der Waals surface area contributed by atoms with Crippen molar-refractivity contribution in [3.05, 3.63) is 0 Å². The normalized spacial score (nSPS) is 17.8. The molecule has 2 amide bonds. The van der Waals surface area contributed by atoms with Gasteiger partial charge in [0.25, 0.3) is 0 Å². The Hall–Kier alpha value is -1.28. The third kappa shape index (κ3) is 6.78. The van der Waals surface area contributed by atoms with E-state index in [1.54, 1.807) is 0 Å². The van der Waals surface area contributed by atoms with Crippen LogP contribution in [0.1, 0.15) is 45.4 Å². The number of carbonyl (C=O) groups is 2. The van der Waals surface area contributed by atoms with Crippen molar-refractivity contribution in [2.24, 2.45) is 11.8 Å². The summed E-state index contributed by atoms with van der Waals surface area (Å²) in [5.41, 5.74) is 0. The van der Waals surface area contributed by atoms with Crippen LogP contribution in [0.4, 0.5) is 0 Å². The summed E-state index contributed by atoms with van der Waals surface area (Å²) in [6, 6.07) is 0.149. The highest BCUT2D eigenvalue weighted by atomic mass is 32.1. The van der Waals surface area contributed by atoms with Crippen LogP contribution in [0.3, 0.4) is 0 Å². The first kappa shape index (κ1) is 18.1. The summed E-state index contributed by atoms with van der Waals surface area (Å²) in [6.07, 6.45) is 5.50. The molecule has 0 aromatic rings. The lowest BCUT2D eigenvalue weighted by Gasteiger charge is -2.19. The predicted molar refractivity (Wildman–Crippen MR) is 96.8 cm³/mol. The zero-order valence-electron chi connectivity index (χ0n) is 13.3. The van der Waals surface area contributed by atoms with Gasteiger partial charge in [0.1, 0.15) is 0 Å². The van der Waals surface area contributed by atoms with Crippen molar-refractivity contribution < 1.29 is 9.59 Å². The van der Waals surface area contributed by atoms with E-state index in [1.807, 2.05) is 0 Å². The number of amides is 2. The molecule has 2 saturated carbocycles. The standard InChI is InChI=1S/C15H24N4O2S2/c1-2-11(17-15(23)19-13(21)10-5-6-10)7-8-16-14(22)18-12(20)9-3-4-9/h9-11H,2-8H2,1H3,(H2,16,18,20,22)(H2,17,19,21,23). The SMILES string of the molecule is CCC(CCNC(=S)NC(=O)C1CC1)NC(=S)NC(=O)C1CC1. The van der Waals surface area contributed by atoms with E-state index in [1.165, 1.54) is 0 Å². The highest BCUT2D eigenvalue weighted by Gasteiger charge is 2.30. The first-order chi connectivity index (χ1) is 11.0. The van der Waals surface area contributed by atoms with Crippen molar-refractivity contribution in [1.29, 1.82) is 0 Å². The van der Waals surface area contributed by atoms with E-state index in [0.29, 0.717) is 16.8 Å². The maximum absolute atomic E-state index is 11.6. The van der Waals surface area contributed by atoms with Gasteiger partial charge in [0, 0.05) is 24.4 Å². The van der Waals surface area contributed by atoms with Gasteiger partial charge in [-0.1, -0.05) is 6.92 Å². The zero-order valence-corrected chi connectivity index (χ0v) is 14.9. The molecule has 1 unspecified atom stereocenters. The minimum absolute atomic E-state index is 0.0108. The minimum Gasteiger partial charge on any atom is -0.362 e. The Morgan fingerprint density at radius 2 is 1.52 bits per heavy atom. The Balaban J connectivity index is 1.59. The molecule has 0 aromatic carbocycles. The minimum atomic E-state index is 0.0108. The Labute approximate surface area is 147 Å². The lowest BCUT2D eigenvalue weighted by Crippen LogP contribution is -2.46. The molecule has 0 heterocycles. The number of nitrogens with one attached hydrogen (secondary N) is 4. The van der Waals surface area contributed by atoms with Gasteiger partial charge in [-0.3, -0.25) is 9.59 Å². The molecule has 2 fully saturated rings. The van der Waals surface area contributed by atoms with Crippen molar-refractivity contribution in [2.75, 3.05) is 6.54 Å². The second-order valence-corrected chi connectivity index (χ2v) is 6.97. The van der Waals surface area contributed by atoms with E-state index in [4.69, 9.17) is 24.4 Å². The largest absolute Gasteiger partial charge is 0.362 e. The van der Waals surface area contributed by atoms with Crippen molar-refractivity contribution in [3.63, 3.8) is 0 Å². The monoisotopic (exact) mass is 356 g/mol. The Morgan fingerprint density at radius 3 is 2.00 bits per heavy atom. The van der Waals surface area contributed by atoms with E-state index in [9.17, 15) is 9.59 Å². The maximum atomic E-state index is 11.6. The van der Waals surface area contributed by atoms with Crippen molar-refractivity contribution in [3.8, 4) is 0 Å². The lowest BCUT2D eigenvalue weighted by atomic mass is 10.1. The summed E-state index contributed by atoms with van der Waals surface area (Å²) >= 11 is 10.3. The number of thiocarbonyl (C=S) groups is 2. The Kier molecular flexibility index (Phi) is 6.71. The number of hydrogen-bond donors (Lipinski definition) is 4. The third-order valence-corrected chi connectivity index (χ3v) is 4.44. The predicted octanol–water partition coefficient (Wildman–Crippen LogP) is 0.956. The van der Waals surface area contributed by atoms with Crippen molar-refractivity contribution in [1.82, 2.24) is 21.3 Å². The smallest absolute Gasteiger partial charge is 0.229 e. The van der Waals surface area contributed by atoms with Gasteiger partial charge >= 0.3 is 0 Å². The van der Waals surface area contributed by atoms with Gasteiger partial charge in [0.05, 0.1) is 0 Å². The van der Waals surface area contributed by atoms with Crippen molar-refractivity contribution >= 4 is 46.5 Å². The second-order valence-electron chi connectivity index (χ2n) is 6.15. The van der Waals surface area contributed by atoms with E-state index < -0.39 is 0 Å². The third-order valence-electron chi connectivity index (χ3n) is 3.98. The molecule has 1 atom stereocenters. The Bertz CT molecular complexity index is 490. The summed E-state index contributed by atoms with van der Waals surface area (Å²) in [7, 11) is 0. The summed E-state index contributed by atoms with van der Waals surface area (Å²) in [4.78, 5) is 23.2. The number of hydrogen-bond acceptors (Lipinski definition) is 4. The molecule has 2 aliphatic rings. The van der Waals surface area contributed by atoms with E-state index in [-0.39, 0.29) is 29.7 Å². The molecule has 0 radical (unpaired) electrons. The molecule has 0 spiro atoms. The molecule has 6 nitrogen and oxygen atoms in total. The topological polar surface area (TPSA) is 82.3 Å². The summed E-state index contributed by atoms with van der Waals surface area (Å²) in [6.45, 7) is 2.69. The number of carbonyl (C=O) groups excluding carboxylic acids is 2. The van der Waals surface area contributed by atoms with E-state index in [0.717, 1.165) is 38.5 Å². The maximum Gasteiger partial charge on any atom is 0.229 e. The van der Waals surface area contributed by atoms with Crippen LogP contribution in [0.2, 0.25) is 0 Å². The molecule has 2 aliphatic carbocycles. The van der Waals surface area contributed by atoms with Crippen LogP contribution in [-0.2, 0) is 9.59 Å². The number of rotatable bonds is 7. The molecule has 128 valence electrons. The van der Waals surface area contributed by atoms with Gasteiger partial charge in [-0.15, -0.1) is 0 Å². The van der Waals surface area contributed by atoms with Gasteiger partial charge in [-0.2, -0.15) is 0 Å². The molecular formula is C15H24N4O2S2. The molecule has 2 rings (SSSR count). The van der Waals surface area contributed by atoms with Crippen LogP contribution in [0.15, 0.2) is 0 Å². The second kappa shape index (κ2) is 8.54. The van der Waals surface area contributed by atoms with Gasteiger partial charge in [-0.05, 0) is 63.0 Å². The fourth-order valence-electron chi connectivity index (χ4n) is 2.12. The first-order valence-electron chi connectivity index (χ1n) is 8.19. The van der Waals surface area contributed by atoms with Crippen LogP contribution < -0.4 is 21.3 Å². The van der Waals surface area contributed by atoms with Crippen molar-refractivity contribution in [2.45, 2.75) is 51.5 Å². The average Bonchev–Trinajstić information content (AvgIpc) is 3.39. The first-order valence-corrected chi connectivity index (χ1v) is 9.01. The zero-order chi connectivity index (χ0) is 16.8. The average molecular weight is 357 g/mol. The van der Waals surface area contributed by atoms with Crippen LogP contribution in [0, 0.1) is 11.8 Å². The molecular weight excluding hydrogens is 332 g/mol. The van der Waals surface area contributed by atoms with Gasteiger partial charge < -0.3 is 21.3 Å². The molecule has 0 aliphatic heterocycles. The fourth-order valence-corrected chi connectivity index (χ4v) is 2.59. The fraction of sp³-hybridized carbons (Fsp3) is 0.733. The Morgan fingerprint density at radius 1 is 1.00 bits per heavy atom. The van der Waals surface area contributed by atoms with Crippen LogP contribution in [-0.4, -0.2) is 34.6 Å². The summed E-state index contributed by atoms with van der Waals surface area (Å²) < 4.78 is 0. The highest BCUT2D eigenvalue weighted by molar-refractivity contribution is 7.80. The van der Waals surface area contributed by atoms with Gasteiger partial charge in [0.2, 0.25) is 11.8 Å². The molecule has 4 N–H and O–H groups in total. The quantitative estimate of drug-likeness (QED) is 0.509. The van der Waals surface area contributed by atoms with E-state index in [2.05, 4.69) is 28.2 Å². The van der Waals surface area contributed by atoms with Gasteiger partial charge in [-0.25, -0.2) is 0 Å². The molecule has 0 bridgehead atoms. The van der Waals surface area contributed by atoms with Crippen LogP contribution in [0.5, 0.6) is 0 Å². The molecule has 23 heavy (non-hydrogen) atoms. The van der Waals surface area contributed by atoms with Gasteiger partial charge in [0.15, 0.2) is 10.2 Å². The lowest BCUT2D eigenvalue weighted by molar-refractivity contribution is -0.121. The molecule has 0 aromatic heterocycles. The summed E-state index contributed by atoms with van der Waals surface area (Å²) in [5.74, 6) is 0.312. The van der Waals surface area contributed by atoms with Crippen LogP contribution in [0.25, 0.3) is 0 Å². The van der Waals surface area contributed by atoms with Crippen LogP contribution >= 0.6 is 24.4 Å². The molecule has 8 heteroatoms. The highest BCUT2D eigenvalue weighted by Crippen LogP contribution is 2.29.